The number of halogens is 3. The number of hydrogen-bond acceptors (Lipinski definition) is 1. The Morgan fingerprint density at radius 3 is 2.60 bits per heavy atom. The van der Waals surface area contributed by atoms with Crippen molar-refractivity contribution in [2.75, 3.05) is 0 Å². The molecule has 0 aliphatic carbocycles. The molecule has 0 aliphatic rings. The van der Waals surface area contributed by atoms with Gasteiger partial charge in [-0.25, -0.2) is 8.78 Å². The normalized spacial score (nSPS) is 10.9. The van der Waals surface area contributed by atoms with Gasteiger partial charge >= 0.3 is 0 Å². The second-order valence-corrected chi connectivity index (χ2v) is 4.76. The maximum absolute atomic E-state index is 13.3. The van der Waals surface area contributed by atoms with Gasteiger partial charge in [0.05, 0.1) is 10.7 Å². The van der Waals surface area contributed by atoms with Crippen LogP contribution in [0.15, 0.2) is 36.4 Å². The van der Waals surface area contributed by atoms with Crippen molar-refractivity contribution in [1.29, 1.82) is 0 Å². The minimum Gasteiger partial charge on any atom is -0.354 e. The van der Waals surface area contributed by atoms with E-state index in [4.69, 9.17) is 11.6 Å². The molecule has 2 aromatic carbocycles. The van der Waals surface area contributed by atoms with Crippen LogP contribution in [-0.4, -0.2) is 11.3 Å². The zero-order valence-corrected chi connectivity index (χ0v) is 10.8. The number of aromatic nitrogens is 1. The number of carbonyl (C=O) groups excluding carboxylic acids is 1. The Kier molecular flexibility index (Phi) is 3.03. The van der Waals surface area contributed by atoms with Gasteiger partial charge in [-0.05, 0) is 36.4 Å². The monoisotopic (exact) mass is 291 g/mol. The molecule has 1 aromatic heterocycles. The van der Waals surface area contributed by atoms with Crippen LogP contribution in [0.1, 0.15) is 10.4 Å². The lowest BCUT2D eigenvalue weighted by atomic mass is 10.1. The van der Waals surface area contributed by atoms with Crippen LogP contribution in [0.4, 0.5) is 8.78 Å². The molecule has 0 spiro atoms. The zero-order valence-electron chi connectivity index (χ0n) is 10.1. The van der Waals surface area contributed by atoms with Crippen LogP contribution in [0.2, 0.25) is 5.02 Å². The third-order valence-electron chi connectivity index (χ3n) is 3.13. The van der Waals surface area contributed by atoms with Crippen molar-refractivity contribution < 1.29 is 13.6 Å². The van der Waals surface area contributed by atoms with Gasteiger partial charge < -0.3 is 4.98 Å². The molecule has 1 heterocycles. The highest BCUT2D eigenvalue weighted by molar-refractivity contribution is 6.31. The average molecular weight is 292 g/mol. The maximum Gasteiger partial charge on any atom is 0.152 e. The fourth-order valence-electron chi connectivity index (χ4n) is 2.19. The summed E-state index contributed by atoms with van der Waals surface area (Å²) in [6.45, 7) is 0. The molecule has 0 unspecified atom stereocenters. The molecule has 0 fully saturated rings. The van der Waals surface area contributed by atoms with E-state index in [9.17, 15) is 13.6 Å². The quantitative estimate of drug-likeness (QED) is 0.689. The molecule has 2 nitrogen and oxygen atoms in total. The Labute approximate surface area is 118 Å². The van der Waals surface area contributed by atoms with Crippen molar-refractivity contribution >= 4 is 28.8 Å². The first kappa shape index (κ1) is 12.8. The number of carbonyl (C=O) groups is 1. The predicted octanol–water partition coefficient (Wildman–Crippen LogP) is 4.58. The van der Waals surface area contributed by atoms with Crippen LogP contribution < -0.4 is 0 Å². The molecule has 3 aromatic rings. The molecule has 3 rings (SSSR count). The smallest absolute Gasteiger partial charge is 0.152 e. The third-order valence-corrected chi connectivity index (χ3v) is 3.42. The highest BCUT2D eigenvalue weighted by Crippen LogP contribution is 2.31. The molecule has 0 atom stereocenters. The van der Waals surface area contributed by atoms with Crippen molar-refractivity contribution in [3.63, 3.8) is 0 Å². The lowest BCUT2D eigenvalue weighted by Crippen LogP contribution is -1.86. The highest BCUT2D eigenvalue weighted by Gasteiger charge is 2.14. The van der Waals surface area contributed by atoms with E-state index in [1.54, 1.807) is 6.07 Å². The van der Waals surface area contributed by atoms with Gasteiger partial charge in [-0.2, -0.15) is 0 Å². The van der Waals surface area contributed by atoms with Crippen molar-refractivity contribution in [2.45, 2.75) is 0 Å². The highest BCUT2D eigenvalue weighted by atomic mass is 35.5. The second-order valence-electron chi connectivity index (χ2n) is 4.35. The molecule has 20 heavy (non-hydrogen) atoms. The maximum atomic E-state index is 13.3. The third kappa shape index (κ3) is 1.98. The summed E-state index contributed by atoms with van der Waals surface area (Å²) >= 11 is 5.75. The van der Waals surface area contributed by atoms with Gasteiger partial charge in [0.25, 0.3) is 0 Å². The first-order chi connectivity index (χ1) is 9.60. The largest absolute Gasteiger partial charge is 0.354 e. The number of aldehydes is 1. The number of fused-ring (bicyclic) bond motifs is 1. The van der Waals surface area contributed by atoms with E-state index in [-0.39, 0.29) is 5.02 Å². The van der Waals surface area contributed by atoms with Crippen molar-refractivity contribution in [3.8, 4) is 11.3 Å². The molecule has 0 radical (unpaired) electrons. The van der Waals surface area contributed by atoms with Gasteiger partial charge in [0.1, 0.15) is 11.6 Å². The van der Waals surface area contributed by atoms with Gasteiger partial charge in [0.2, 0.25) is 0 Å². The van der Waals surface area contributed by atoms with Crippen molar-refractivity contribution in [1.82, 2.24) is 4.98 Å². The Hall–Kier alpha value is -2.20. The number of benzene rings is 2. The lowest BCUT2D eigenvalue weighted by molar-refractivity contribution is 0.112. The topological polar surface area (TPSA) is 32.9 Å². The summed E-state index contributed by atoms with van der Waals surface area (Å²) in [5, 5.41) is 0.444. The fraction of sp³-hybridized carbons (Fsp3) is 0. The number of rotatable bonds is 2. The molecule has 0 aliphatic heterocycles. The van der Waals surface area contributed by atoms with Crippen LogP contribution in [-0.2, 0) is 0 Å². The van der Waals surface area contributed by atoms with Crippen molar-refractivity contribution in [3.05, 3.63) is 58.6 Å². The van der Waals surface area contributed by atoms with Crippen LogP contribution in [0.5, 0.6) is 0 Å². The first-order valence-electron chi connectivity index (χ1n) is 5.82. The standard InChI is InChI=1S/C15H8ClF2NO/c16-12-5-8(1-3-13(12)18)15-11(7-20)10-6-9(17)2-4-14(10)19-15/h1-7,19H. The van der Waals surface area contributed by atoms with E-state index < -0.39 is 11.6 Å². The average Bonchev–Trinajstić information content (AvgIpc) is 2.79. The Bertz CT molecular complexity index is 826. The first-order valence-corrected chi connectivity index (χ1v) is 6.20. The molecule has 5 heteroatoms. The molecule has 100 valence electrons. The molecule has 0 bridgehead atoms. The van der Waals surface area contributed by atoms with E-state index in [1.807, 2.05) is 0 Å². The zero-order chi connectivity index (χ0) is 14.3. The minimum absolute atomic E-state index is 0.0378. The van der Waals surface area contributed by atoms with E-state index in [0.29, 0.717) is 34.0 Å². The summed E-state index contributed by atoms with van der Waals surface area (Å²) in [5.74, 6) is -0.964. The van der Waals surface area contributed by atoms with E-state index in [0.717, 1.165) is 0 Å². The van der Waals surface area contributed by atoms with Gasteiger partial charge in [-0.15, -0.1) is 0 Å². The van der Waals surface area contributed by atoms with E-state index in [2.05, 4.69) is 4.98 Å². The van der Waals surface area contributed by atoms with Gasteiger partial charge in [-0.1, -0.05) is 11.6 Å². The predicted molar refractivity (Wildman–Crippen MR) is 74.0 cm³/mol. The Morgan fingerprint density at radius 1 is 1.10 bits per heavy atom. The molecule has 0 amide bonds. The Morgan fingerprint density at radius 2 is 1.90 bits per heavy atom. The van der Waals surface area contributed by atoms with Gasteiger partial charge in [0.15, 0.2) is 6.29 Å². The number of aromatic amines is 1. The van der Waals surface area contributed by atoms with Crippen molar-refractivity contribution in [2.24, 2.45) is 0 Å². The number of nitrogens with one attached hydrogen (secondary N) is 1. The van der Waals surface area contributed by atoms with E-state index >= 15 is 0 Å². The molecule has 1 N–H and O–H groups in total. The van der Waals surface area contributed by atoms with Crippen LogP contribution >= 0.6 is 11.6 Å². The lowest BCUT2D eigenvalue weighted by Gasteiger charge is -2.01. The SMILES string of the molecule is O=Cc1c(-c2ccc(F)c(Cl)c2)[nH]c2ccc(F)cc12. The molecule has 0 saturated heterocycles. The van der Waals surface area contributed by atoms with Crippen LogP contribution in [0, 0.1) is 11.6 Å². The fourth-order valence-corrected chi connectivity index (χ4v) is 2.37. The molecular weight excluding hydrogens is 284 g/mol. The van der Waals surface area contributed by atoms with Gasteiger partial charge in [0, 0.05) is 22.0 Å². The van der Waals surface area contributed by atoms with Crippen LogP contribution in [0.25, 0.3) is 22.2 Å². The molecular formula is C15H8ClF2NO. The summed E-state index contributed by atoms with van der Waals surface area (Å²) in [4.78, 5) is 14.3. The summed E-state index contributed by atoms with van der Waals surface area (Å²) in [6, 6.07) is 8.28. The van der Waals surface area contributed by atoms with Crippen LogP contribution in [0.3, 0.4) is 0 Å². The Balaban J connectivity index is 2.30. The second kappa shape index (κ2) is 4.72. The minimum atomic E-state index is -0.537. The summed E-state index contributed by atoms with van der Waals surface area (Å²) in [5.41, 5.74) is 2.00. The molecule has 0 saturated carbocycles. The van der Waals surface area contributed by atoms with E-state index in [1.165, 1.54) is 30.3 Å². The number of hydrogen-bond donors (Lipinski definition) is 1. The summed E-state index contributed by atoms with van der Waals surface area (Å²) in [7, 11) is 0. The summed E-state index contributed by atoms with van der Waals surface area (Å²) in [6.07, 6.45) is 0.644. The summed E-state index contributed by atoms with van der Waals surface area (Å²) < 4.78 is 26.5. The van der Waals surface area contributed by atoms with Gasteiger partial charge in [-0.3, -0.25) is 4.79 Å². The number of H-pyrrole nitrogens is 1.